The van der Waals surface area contributed by atoms with E-state index in [0.29, 0.717) is 5.92 Å². The van der Waals surface area contributed by atoms with E-state index >= 15 is 0 Å². The van der Waals surface area contributed by atoms with E-state index in [0.717, 1.165) is 6.26 Å². The van der Waals surface area contributed by atoms with Crippen LogP contribution < -0.4 is 0 Å². The van der Waals surface area contributed by atoms with Crippen LogP contribution in [0.1, 0.15) is 13.8 Å². The quantitative estimate of drug-likeness (QED) is 0.433. The summed E-state index contributed by atoms with van der Waals surface area (Å²) in [5.74, 6) is 0.574. The van der Waals surface area contributed by atoms with Crippen molar-refractivity contribution in [3.8, 4) is 6.26 Å². The molecule has 46 valence electrons. The number of rotatable bonds is 1. The van der Waals surface area contributed by atoms with Crippen LogP contribution in [0.5, 0.6) is 0 Å². The molecule has 0 amide bonds. The van der Waals surface area contributed by atoms with Gasteiger partial charge in [0.1, 0.15) is 0 Å². The van der Waals surface area contributed by atoms with E-state index in [1.54, 1.807) is 5.37 Å². The predicted octanol–water partition coefficient (Wildman–Crippen LogP) is 1.48. The van der Waals surface area contributed by atoms with E-state index in [1.165, 1.54) is 0 Å². The standard InChI is InChI=1S/C4H8S.CHNO/c1-4(2)3-5;2-1-3/h3-4H,1-2H3;3H. The largest absolute Gasteiger partial charge is 0.443 e. The first kappa shape index (κ1) is 10.4. The van der Waals surface area contributed by atoms with Gasteiger partial charge in [-0.3, -0.25) is 0 Å². The van der Waals surface area contributed by atoms with Crippen molar-refractivity contribution in [2.75, 3.05) is 0 Å². The van der Waals surface area contributed by atoms with Crippen molar-refractivity contribution in [2.24, 2.45) is 5.92 Å². The van der Waals surface area contributed by atoms with Crippen molar-refractivity contribution in [3.63, 3.8) is 0 Å². The Bertz CT molecular complexity index is 84.9. The molecule has 0 heterocycles. The Morgan fingerprint density at radius 1 is 1.75 bits per heavy atom. The van der Waals surface area contributed by atoms with Crippen molar-refractivity contribution >= 4 is 17.6 Å². The van der Waals surface area contributed by atoms with Crippen LogP contribution in [0.3, 0.4) is 0 Å². The van der Waals surface area contributed by atoms with Crippen LogP contribution in [0.2, 0.25) is 0 Å². The molecule has 0 unspecified atom stereocenters. The average Bonchev–Trinajstić information content (AvgIpc) is 1.69. The Kier molecular flexibility index (Phi) is 12.5. The Morgan fingerprint density at radius 2 is 1.88 bits per heavy atom. The lowest BCUT2D eigenvalue weighted by Crippen LogP contribution is -1.79. The molecule has 0 aliphatic rings. The van der Waals surface area contributed by atoms with Crippen LogP contribution in [0.25, 0.3) is 0 Å². The van der Waals surface area contributed by atoms with E-state index in [4.69, 9.17) is 10.4 Å². The molecule has 0 saturated heterocycles. The number of hydrogen-bond donors (Lipinski definition) is 1. The minimum Gasteiger partial charge on any atom is -0.443 e. The molecule has 0 radical (unpaired) electrons. The lowest BCUT2D eigenvalue weighted by atomic mass is 10.3. The first-order chi connectivity index (χ1) is 3.68. The maximum Gasteiger partial charge on any atom is 0.283 e. The summed E-state index contributed by atoms with van der Waals surface area (Å²) in [6, 6.07) is 0. The molecule has 0 atom stereocenters. The second-order valence-corrected chi connectivity index (χ2v) is 1.75. The fourth-order valence-electron chi connectivity index (χ4n) is 0. The minimum absolute atomic E-state index is 0.574. The van der Waals surface area contributed by atoms with E-state index in [1.807, 2.05) is 0 Å². The van der Waals surface area contributed by atoms with Gasteiger partial charge in [-0.2, -0.15) is 5.26 Å². The number of thiocarbonyl (C=S) groups is 1. The zero-order chi connectivity index (χ0) is 6.99. The zero-order valence-electron chi connectivity index (χ0n) is 4.96. The maximum atomic E-state index is 6.88. The van der Waals surface area contributed by atoms with E-state index < -0.39 is 0 Å². The molecule has 0 bridgehead atoms. The van der Waals surface area contributed by atoms with E-state index in [2.05, 4.69) is 26.1 Å². The first-order valence-corrected chi connectivity index (χ1v) is 2.64. The number of nitriles is 1. The molecule has 2 nitrogen and oxygen atoms in total. The van der Waals surface area contributed by atoms with Crippen molar-refractivity contribution in [3.05, 3.63) is 0 Å². The average molecular weight is 131 g/mol. The van der Waals surface area contributed by atoms with Gasteiger partial charge in [0, 0.05) is 0 Å². The lowest BCUT2D eigenvalue weighted by Gasteiger charge is -1.82. The van der Waals surface area contributed by atoms with Gasteiger partial charge in [0.2, 0.25) is 0 Å². The van der Waals surface area contributed by atoms with Gasteiger partial charge in [0.15, 0.2) is 0 Å². The Balaban J connectivity index is 0. The van der Waals surface area contributed by atoms with Gasteiger partial charge in [0.25, 0.3) is 6.26 Å². The number of nitrogens with zero attached hydrogens (tertiary/aromatic N) is 1. The number of hydrogen-bond acceptors (Lipinski definition) is 3. The summed E-state index contributed by atoms with van der Waals surface area (Å²) in [5, 5.41) is 15.5. The van der Waals surface area contributed by atoms with Gasteiger partial charge in [0.05, 0.1) is 0 Å². The second-order valence-electron chi connectivity index (χ2n) is 1.48. The van der Waals surface area contributed by atoms with Gasteiger partial charge in [-0.25, -0.2) is 0 Å². The number of aliphatic hydroxyl groups excluding tert-OH is 1. The predicted molar refractivity (Wildman–Crippen MR) is 36.0 cm³/mol. The van der Waals surface area contributed by atoms with Crippen molar-refractivity contribution in [2.45, 2.75) is 13.8 Å². The maximum absolute atomic E-state index is 6.88. The third-order valence-electron chi connectivity index (χ3n) is 0.272. The third kappa shape index (κ3) is 54.2. The summed E-state index contributed by atoms with van der Waals surface area (Å²) in [7, 11) is 0. The fraction of sp³-hybridized carbons (Fsp3) is 0.600. The zero-order valence-corrected chi connectivity index (χ0v) is 5.77. The highest BCUT2D eigenvalue weighted by Crippen LogP contribution is 1.81. The van der Waals surface area contributed by atoms with Gasteiger partial charge in [-0.1, -0.05) is 26.1 Å². The molecule has 0 aromatic rings. The summed E-state index contributed by atoms with van der Waals surface area (Å²) in [6.07, 6.45) is 0.750. The van der Waals surface area contributed by atoms with Crippen LogP contribution >= 0.6 is 12.2 Å². The minimum atomic E-state index is 0.574. The highest BCUT2D eigenvalue weighted by atomic mass is 32.1. The van der Waals surface area contributed by atoms with Crippen molar-refractivity contribution in [1.82, 2.24) is 0 Å². The van der Waals surface area contributed by atoms with Gasteiger partial charge in [-0.05, 0) is 11.3 Å². The van der Waals surface area contributed by atoms with E-state index in [-0.39, 0.29) is 0 Å². The Labute approximate surface area is 54.8 Å². The molecular weight excluding hydrogens is 122 g/mol. The van der Waals surface area contributed by atoms with Crippen LogP contribution in [-0.2, 0) is 0 Å². The molecule has 0 fully saturated rings. The van der Waals surface area contributed by atoms with Crippen molar-refractivity contribution in [1.29, 1.82) is 5.26 Å². The molecule has 1 N–H and O–H groups in total. The fourth-order valence-corrected chi connectivity index (χ4v) is 0. The molecule has 0 aliphatic carbocycles. The Morgan fingerprint density at radius 3 is 1.88 bits per heavy atom. The molecule has 0 spiro atoms. The molecule has 8 heavy (non-hydrogen) atoms. The number of aliphatic hydroxyl groups is 1. The SMILES string of the molecule is CC(C)C=S.N#CO. The van der Waals surface area contributed by atoms with Crippen LogP contribution in [0, 0.1) is 17.4 Å². The highest BCUT2D eigenvalue weighted by Gasteiger charge is 1.75. The molecule has 0 aliphatic heterocycles. The van der Waals surface area contributed by atoms with Crippen molar-refractivity contribution < 1.29 is 5.11 Å². The van der Waals surface area contributed by atoms with Gasteiger partial charge >= 0.3 is 0 Å². The van der Waals surface area contributed by atoms with Crippen LogP contribution in [-0.4, -0.2) is 10.5 Å². The second kappa shape index (κ2) is 9.63. The Hall–Kier alpha value is -0.620. The smallest absolute Gasteiger partial charge is 0.283 e. The monoisotopic (exact) mass is 131 g/mol. The lowest BCUT2D eigenvalue weighted by molar-refractivity contribution is 0.503. The first-order valence-electron chi connectivity index (χ1n) is 2.17. The summed E-state index contributed by atoms with van der Waals surface area (Å²) in [6.45, 7) is 4.12. The van der Waals surface area contributed by atoms with E-state index in [9.17, 15) is 0 Å². The van der Waals surface area contributed by atoms with Crippen LogP contribution in [0.15, 0.2) is 0 Å². The van der Waals surface area contributed by atoms with Gasteiger partial charge in [-0.15, -0.1) is 0 Å². The van der Waals surface area contributed by atoms with Gasteiger partial charge < -0.3 is 5.11 Å². The topological polar surface area (TPSA) is 44.0 Å². The molecule has 0 saturated carbocycles. The molecule has 3 heteroatoms. The summed E-state index contributed by atoms with van der Waals surface area (Å²) in [5.41, 5.74) is 0. The normalized spacial score (nSPS) is 6.25. The summed E-state index contributed by atoms with van der Waals surface area (Å²) >= 11 is 4.55. The highest BCUT2D eigenvalue weighted by molar-refractivity contribution is 7.79. The molecule has 0 aromatic heterocycles. The molecule has 0 aromatic carbocycles. The third-order valence-corrected chi connectivity index (χ3v) is 0.816. The molecular formula is C5H9NOS. The molecule has 0 rings (SSSR count). The summed E-state index contributed by atoms with van der Waals surface area (Å²) in [4.78, 5) is 0. The van der Waals surface area contributed by atoms with Crippen LogP contribution in [0.4, 0.5) is 0 Å². The summed E-state index contributed by atoms with van der Waals surface area (Å²) < 4.78 is 0.